The largest absolute Gasteiger partial charge is 0.117 e. The van der Waals surface area contributed by atoms with Gasteiger partial charge in [-0.15, -0.1) is 47.0 Å². The van der Waals surface area contributed by atoms with Gasteiger partial charge in [-0.1, -0.05) is 183 Å². The van der Waals surface area contributed by atoms with E-state index in [4.69, 9.17) is 0 Å². The first-order chi connectivity index (χ1) is 24.6. The molecule has 266 valence electrons. The van der Waals surface area contributed by atoms with Gasteiger partial charge in [-0.05, 0) is 71.6 Å². The number of hydrogen-bond donors (Lipinski definition) is 0. The van der Waals surface area contributed by atoms with Crippen LogP contribution in [0.4, 0.5) is 0 Å². The number of thioether (sulfide) groups is 12. The molecule has 0 saturated carbocycles. The Hall–Kier alpha value is 0.980. The molecular formula is C38H42S12. The second kappa shape index (κ2) is 23.8. The van der Waals surface area contributed by atoms with Gasteiger partial charge >= 0.3 is 0 Å². The topological polar surface area (TPSA) is 0 Å². The summed E-state index contributed by atoms with van der Waals surface area (Å²) in [5.41, 5.74) is 1.98. The molecule has 0 N–H and O–H groups in total. The van der Waals surface area contributed by atoms with E-state index in [1.807, 2.05) is 141 Å². The number of unbranched alkanes of at least 4 members (excludes halogenated alkanes) is 4. The van der Waals surface area contributed by atoms with Crippen LogP contribution in [-0.2, 0) is 0 Å². The smallest absolute Gasteiger partial charge is 0.0717 e. The van der Waals surface area contributed by atoms with E-state index in [0.717, 1.165) is 20.9 Å². The molecule has 0 bridgehead atoms. The summed E-state index contributed by atoms with van der Waals surface area (Å²) in [5.74, 6) is 18.7. The second-order valence-corrected chi connectivity index (χ2v) is 25.4. The molecule has 0 spiro atoms. The Labute approximate surface area is 352 Å². The zero-order chi connectivity index (χ0) is 35.0. The highest BCUT2D eigenvalue weighted by molar-refractivity contribution is 8.43. The van der Waals surface area contributed by atoms with Crippen LogP contribution in [0, 0.1) is 23.7 Å². The minimum Gasteiger partial charge on any atom is -0.117 e. The summed E-state index contributed by atoms with van der Waals surface area (Å²) in [7, 11) is 0. The van der Waals surface area contributed by atoms with E-state index >= 15 is 0 Å². The van der Waals surface area contributed by atoms with Gasteiger partial charge in [-0.2, -0.15) is 0 Å². The van der Waals surface area contributed by atoms with Crippen molar-refractivity contribution >= 4 is 141 Å². The van der Waals surface area contributed by atoms with E-state index < -0.39 is 0 Å². The number of rotatable bonds is 16. The van der Waals surface area contributed by atoms with E-state index in [-0.39, 0.29) is 0 Å². The molecule has 0 fully saturated rings. The molecule has 0 unspecified atom stereocenters. The number of hydrogen-bond acceptors (Lipinski definition) is 12. The van der Waals surface area contributed by atoms with E-state index in [2.05, 4.69) is 86.5 Å². The van der Waals surface area contributed by atoms with E-state index in [9.17, 15) is 0 Å². The van der Waals surface area contributed by atoms with Gasteiger partial charge < -0.3 is 0 Å². The van der Waals surface area contributed by atoms with Crippen molar-refractivity contribution in [2.24, 2.45) is 0 Å². The fraction of sp³-hybridized carbons (Fsp3) is 0.421. The number of allylic oxidation sites excluding steroid dienone is 2. The van der Waals surface area contributed by atoms with Gasteiger partial charge in [0.25, 0.3) is 0 Å². The lowest BCUT2D eigenvalue weighted by Gasteiger charge is -2.03. The average molecular weight is 884 g/mol. The maximum absolute atomic E-state index is 3.48. The molecule has 1 aromatic carbocycles. The summed E-state index contributed by atoms with van der Waals surface area (Å²) in [6.07, 6.45) is 10.1. The Morgan fingerprint density at radius 2 is 0.780 bits per heavy atom. The summed E-state index contributed by atoms with van der Waals surface area (Å²) in [6, 6.07) is 8.33. The minimum atomic E-state index is 0.992. The fourth-order valence-electron chi connectivity index (χ4n) is 4.06. The lowest BCUT2D eigenvalue weighted by molar-refractivity contribution is 0.897. The molecule has 0 aromatic heterocycles. The van der Waals surface area contributed by atoms with Crippen LogP contribution < -0.4 is 0 Å². The van der Waals surface area contributed by atoms with E-state index in [0.29, 0.717) is 0 Å². The first kappa shape index (κ1) is 42.1. The molecule has 0 saturated heterocycles. The SMILES string of the molecule is CCCCSC1=C(SCCCC)SC(=C2SC=C(C#Cc3ccccc3C#CC3=CSC(=C4SC(SCCCC)=C(SCCCC)S4)S3)S2)S1. The van der Waals surface area contributed by atoms with Crippen LogP contribution in [0.3, 0.4) is 0 Å². The van der Waals surface area contributed by atoms with Crippen molar-refractivity contribution < 1.29 is 0 Å². The first-order valence-electron chi connectivity index (χ1n) is 17.0. The fourth-order valence-corrected chi connectivity index (χ4v) is 21.1. The quantitative estimate of drug-likeness (QED) is 0.115. The van der Waals surface area contributed by atoms with Crippen molar-refractivity contribution in [1.29, 1.82) is 0 Å². The molecule has 0 amide bonds. The van der Waals surface area contributed by atoms with Crippen LogP contribution >= 0.6 is 141 Å². The van der Waals surface area contributed by atoms with E-state index in [1.54, 1.807) is 0 Å². The highest BCUT2D eigenvalue weighted by Crippen LogP contribution is 2.63. The van der Waals surface area contributed by atoms with Gasteiger partial charge in [0.15, 0.2) is 0 Å². The molecule has 4 heterocycles. The van der Waals surface area contributed by atoms with Gasteiger partial charge in [0.05, 0.1) is 43.7 Å². The van der Waals surface area contributed by atoms with Crippen molar-refractivity contribution in [3.8, 4) is 23.7 Å². The summed E-state index contributed by atoms with van der Waals surface area (Å²) < 4.78 is 11.6. The molecule has 0 radical (unpaired) electrons. The van der Waals surface area contributed by atoms with Gasteiger partial charge in [-0.25, -0.2) is 0 Å². The standard InChI is InChI=1S/C38H42S12/c1-5-9-21-39-31-32(40-22-10-6-2)48-37(47-31)35-43-25-29(45-35)19-17-27-15-13-14-16-28(27)18-20-30-26-44-36(46-30)38-49-33(41-23-11-7-3)34(50-38)42-24-12-8-4/h13-16,25-26H,5-12,21-24H2,1-4H3. The molecule has 4 aliphatic heterocycles. The Bertz CT molecular complexity index is 1500. The van der Waals surface area contributed by atoms with Crippen molar-refractivity contribution in [2.75, 3.05) is 23.0 Å². The maximum atomic E-state index is 3.48. The molecule has 50 heavy (non-hydrogen) atoms. The van der Waals surface area contributed by atoms with Gasteiger partial charge in [0.2, 0.25) is 0 Å². The normalized spacial score (nSPS) is 17.4. The van der Waals surface area contributed by atoms with Crippen molar-refractivity contribution in [3.05, 3.63) is 89.9 Å². The highest BCUT2D eigenvalue weighted by atomic mass is 32.3. The van der Waals surface area contributed by atoms with Gasteiger partial charge in [0, 0.05) is 11.1 Å². The van der Waals surface area contributed by atoms with Crippen LogP contribution in [0.25, 0.3) is 0 Å². The Balaban J connectivity index is 1.19. The van der Waals surface area contributed by atoms with Crippen LogP contribution in [0.15, 0.2) is 78.8 Å². The van der Waals surface area contributed by atoms with Gasteiger partial charge in [0.1, 0.15) is 0 Å². The second-order valence-electron chi connectivity index (χ2n) is 11.0. The van der Waals surface area contributed by atoms with E-state index in [1.165, 1.54) is 108 Å². The lowest BCUT2D eigenvalue weighted by Crippen LogP contribution is -1.82. The van der Waals surface area contributed by atoms with Crippen LogP contribution in [0.2, 0.25) is 0 Å². The summed E-state index contributed by atoms with van der Waals surface area (Å²) >= 11 is 23.4. The molecule has 5 rings (SSSR count). The van der Waals surface area contributed by atoms with Crippen LogP contribution in [0.5, 0.6) is 0 Å². The van der Waals surface area contributed by atoms with Crippen LogP contribution in [0.1, 0.15) is 90.2 Å². The molecule has 0 aliphatic carbocycles. The van der Waals surface area contributed by atoms with Gasteiger partial charge in [-0.3, -0.25) is 0 Å². The summed E-state index contributed by atoms with van der Waals surface area (Å²) in [4.78, 5) is 2.24. The molecule has 0 atom stereocenters. The highest BCUT2D eigenvalue weighted by Gasteiger charge is 2.28. The molecule has 12 heteroatoms. The van der Waals surface area contributed by atoms with Crippen molar-refractivity contribution in [2.45, 2.75) is 79.1 Å². The third-order valence-electron chi connectivity index (χ3n) is 6.85. The first-order valence-corrected chi connectivity index (χ1v) is 27.6. The molecule has 1 aromatic rings. The third kappa shape index (κ3) is 13.3. The molecule has 4 aliphatic rings. The monoisotopic (exact) mass is 882 g/mol. The maximum Gasteiger partial charge on any atom is 0.0717 e. The zero-order valence-electron chi connectivity index (χ0n) is 28.8. The van der Waals surface area contributed by atoms with Crippen molar-refractivity contribution in [1.82, 2.24) is 0 Å². The molecule has 0 nitrogen and oxygen atoms in total. The summed E-state index contributed by atoms with van der Waals surface area (Å²) in [6.45, 7) is 9.11. The van der Waals surface area contributed by atoms with Crippen LogP contribution in [-0.4, -0.2) is 23.0 Å². The minimum absolute atomic E-state index is 0.992. The third-order valence-corrected chi connectivity index (χ3v) is 23.9. The Morgan fingerprint density at radius 1 is 0.440 bits per heavy atom. The predicted molar refractivity (Wildman–Crippen MR) is 255 cm³/mol. The zero-order valence-corrected chi connectivity index (χ0v) is 38.6. The molecular weight excluding hydrogens is 841 g/mol. The van der Waals surface area contributed by atoms with Crippen molar-refractivity contribution in [3.63, 3.8) is 0 Å². The number of benzene rings is 1. The lowest BCUT2D eigenvalue weighted by atomic mass is 10.1. The average Bonchev–Trinajstić information content (AvgIpc) is 3.95. The Morgan fingerprint density at radius 3 is 1.10 bits per heavy atom. The Kier molecular flexibility index (Phi) is 20.1. The summed E-state index contributed by atoms with van der Waals surface area (Å²) in [5, 5.41) is 4.45. The predicted octanol–water partition coefficient (Wildman–Crippen LogP) is 16.6.